The number of aromatic nitrogens is 1. The third-order valence-corrected chi connectivity index (χ3v) is 4.13. The molecule has 1 aromatic heterocycles. The molecule has 2 aromatic rings. The van der Waals surface area contributed by atoms with E-state index >= 15 is 0 Å². The van der Waals surface area contributed by atoms with Crippen molar-refractivity contribution in [2.24, 2.45) is 0 Å². The summed E-state index contributed by atoms with van der Waals surface area (Å²) in [6, 6.07) is 9.66. The predicted octanol–water partition coefficient (Wildman–Crippen LogP) is 5.07. The van der Waals surface area contributed by atoms with E-state index in [4.69, 9.17) is 23.2 Å². The van der Waals surface area contributed by atoms with E-state index in [1.165, 1.54) is 5.56 Å². The molecule has 0 aliphatic heterocycles. The second kappa shape index (κ2) is 5.85. The van der Waals surface area contributed by atoms with Gasteiger partial charge in [0.2, 0.25) is 0 Å². The smallest absolute Gasteiger partial charge is 0.0635 e. The van der Waals surface area contributed by atoms with Crippen LogP contribution in [0.4, 0.5) is 0 Å². The standard InChI is InChI=1S/C13H10BrCl2N/c14-11(8-9-4-6-17-7-5-9)10-2-1-3-12(15)13(10)16/h1-7,11H,8H2. The van der Waals surface area contributed by atoms with Crippen LogP contribution in [0.2, 0.25) is 10.0 Å². The van der Waals surface area contributed by atoms with Crippen molar-refractivity contribution < 1.29 is 0 Å². The molecule has 0 amide bonds. The van der Waals surface area contributed by atoms with Crippen molar-refractivity contribution in [2.45, 2.75) is 11.2 Å². The van der Waals surface area contributed by atoms with Crippen molar-refractivity contribution in [1.82, 2.24) is 4.98 Å². The van der Waals surface area contributed by atoms with Crippen LogP contribution >= 0.6 is 39.1 Å². The van der Waals surface area contributed by atoms with E-state index in [1.807, 2.05) is 24.3 Å². The number of rotatable bonds is 3. The van der Waals surface area contributed by atoms with Gasteiger partial charge in [0, 0.05) is 17.2 Å². The van der Waals surface area contributed by atoms with E-state index in [1.54, 1.807) is 18.5 Å². The van der Waals surface area contributed by atoms with Crippen LogP contribution in [-0.2, 0) is 6.42 Å². The Morgan fingerprint density at radius 1 is 1.12 bits per heavy atom. The van der Waals surface area contributed by atoms with E-state index in [-0.39, 0.29) is 4.83 Å². The molecule has 17 heavy (non-hydrogen) atoms. The van der Waals surface area contributed by atoms with Gasteiger partial charge in [0.05, 0.1) is 10.0 Å². The number of hydrogen-bond donors (Lipinski definition) is 0. The maximum absolute atomic E-state index is 6.18. The van der Waals surface area contributed by atoms with Gasteiger partial charge in [-0.1, -0.05) is 51.3 Å². The molecule has 1 nitrogen and oxygen atoms in total. The van der Waals surface area contributed by atoms with Crippen molar-refractivity contribution in [3.05, 3.63) is 63.9 Å². The lowest BCUT2D eigenvalue weighted by atomic mass is 10.1. The Bertz CT molecular complexity index is 502. The molecule has 1 aromatic carbocycles. The van der Waals surface area contributed by atoms with E-state index < -0.39 is 0 Å². The fourth-order valence-electron chi connectivity index (χ4n) is 1.60. The summed E-state index contributed by atoms with van der Waals surface area (Å²) in [5.41, 5.74) is 2.22. The summed E-state index contributed by atoms with van der Waals surface area (Å²) in [6.45, 7) is 0. The molecule has 1 unspecified atom stereocenters. The van der Waals surface area contributed by atoms with Crippen molar-refractivity contribution in [3.63, 3.8) is 0 Å². The zero-order chi connectivity index (χ0) is 12.3. The molecule has 0 saturated carbocycles. The SMILES string of the molecule is Clc1cccc(C(Br)Cc2ccncc2)c1Cl. The largest absolute Gasteiger partial charge is 0.265 e. The van der Waals surface area contributed by atoms with Crippen LogP contribution in [0.25, 0.3) is 0 Å². The first kappa shape index (κ1) is 12.9. The molecule has 0 aliphatic carbocycles. The van der Waals surface area contributed by atoms with Gasteiger partial charge in [-0.25, -0.2) is 0 Å². The minimum absolute atomic E-state index is 0.149. The summed E-state index contributed by atoms with van der Waals surface area (Å²) in [4.78, 5) is 4.14. The maximum Gasteiger partial charge on any atom is 0.0635 e. The Kier molecular flexibility index (Phi) is 4.43. The predicted molar refractivity (Wildman–Crippen MR) is 76.1 cm³/mol. The molecular formula is C13H10BrCl2N. The fraction of sp³-hybridized carbons (Fsp3) is 0.154. The molecule has 1 heterocycles. The van der Waals surface area contributed by atoms with Crippen molar-refractivity contribution in [1.29, 1.82) is 0 Å². The van der Waals surface area contributed by atoms with Crippen LogP contribution < -0.4 is 0 Å². The molecule has 4 heteroatoms. The van der Waals surface area contributed by atoms with Gasteiger partial charge in [0.25, 0.3) is 0 Å². The molecule has 0 radical (unpaired) electrons. The van der Waals surface area contributed by atoms with Gasteiger partial charge in [0.15, 0.2) is 0 Å². The molecular weight excluding hydrogens is 321 g/mol. The van der Waals surface area contributed by atoms with Crippen molar-refractivity contribution in [2.75, 3.05) is 0 Å². The topological polar surface area (TPSA) is 12.9 Å². The number of hydrogen-bond acceptors (Lipinski definition) is 1. The number of halogens is 3. The fourth-order valence-corrected chi connectivity index (χ4v) is 2.92. The van der Waals surface area contributed by atoms with E-state index in [2.05, 4.69) is 20.9 Å². The van der Waals surface area contributed by atoms with Crippen LogP contribution in [0.5, 0.6) is 0 Å². The first-order chi connectivity index (χ1) is 8.18. The Balaban J connectivity index is 2.20. The average molecular weight is 331 g/mol. The lowest BCUT2D eigenvalue weighted by molar-refractivity contribution is 0.945. The van der Waals surface area contributed by atoms with E-state index in [9.17, 15) is 0 Å². The minimum Gasteiger partial charge on any atom is -0.265 e. The second-order valence-corrected chi connectivity index (χ2v) is 5.56. The zero-order valence-corrected chi connectivity index (χ0v) is 12.0. The monoisotopic (exact) mass is 329 g/mol. The highest BCUT2D eigenvalue weighted by Gasteiger charge is 2.13. The van der Waals surface area contributed by atoms with Crippen LogP contribution in [0.1, 0.15) is 16.0 Å². The summed E-state index contributed by atoms with van der Waals surface area (Å²) >= 11 is 15.8. The van der Waals surface area contributed by atoms with Gasteiger partial charge in [0.1, 0.15) is 0 Å². The third kappa shape index (κ3) is 3.21. The summed E-state index contributed by atoms with van der Waals surface area (Å²) in [6.07, 6.45) is 4.42. The van der Waals surface area contributed by atoms with Gasteiger partial charge >= 0.3 is 0 Å². The quantitative estimate of drug-likeness (QED) is 0.716. The van der Waals surface area contributed by atoms with Crippen LogP contribution in [-0.4, -0.2) is 4.98 Å². The lowest BCUT2D eigenvalue weighted by Crippen LogP contribution is -1.96. The molecule has 88 valence electrons. The lowest BCUT2D eigenvalue weighted by Gasteiger charge is -2.12. The normalized spacial score (nSPS) is 12.4. The average Bonchev–Trinajstić information content (AvgIpc) is 2.34. The summed E-state index contributed by atoms with van der Waals surface area (Å²) < 4.78 is 0. The molecule has 1 atom stereocenters. The van der Waals surface area contributed by atoms with Gasteiger partial charge in [-0.2, -0.15) is 0 Å². The number of nitrogens with zero attached hydrogens (tertiary/aromatic N) is 1. The first-order valence-electron chi connectivity index (χ1n) is 5.15. The van der Waals surface area contributed by atoms with Crippen molar-refractivity contribution in [3.8, 4) is 0 Å². The molecule has 0 saturated heterocycles. The van der Waals surface area contributed by atoms with Gasteiger partial charge in [-0.15, -0.1) is 0 Å². The first-order valence-corrected chi connectivity index (χ1v) is 6.82. The molecule has 0 fully saturated rings. The molecule has 0 spiro atoms. The van der Waals surface area contributed by atoms with Gasteiger partial charge in [-0.05, 0) is 35.7 Å². The molecule has 0 aliphatic rings. The van der Waals surface area contributed by atoms with E-state index in [0.717, 1.165) is 12.0 Å². The summed E-state index contributed by atoms with van der Waals surface area (Å²) in [5.74, 6) is 0. The Morgan fingerprint density at radius 3 is 2.53 bits per heavy atom. The zero-order valence-electron chi connectivity index (χ0n) is 8.91. The maximum atomic E-state index is 6.18. The highest BCUT2D eigenvalue weighted by atomic mass is 79.9. The number of benzene rings is 1. The highest BCUT2D eigenvalue weighted by Crippen LogP contribution is 2.35. The van der Waals surface area contributed by atoms with Crippen LogP contribution in [0, 0.1) is 0 Å². The van der Waals surface area contributed by atoms with Crippen molar-refractivity contribution >= 4 is 39.1 Å². The second-order valence-electron chi connectivity index (χ2n) is 3.67. The summed E-state index contributed by atoms with van der Waals surface area (Å²) in [5, 5.41) is 1.20. The number of pyridine rings is 1. The molecule has 0 bridgehead atoms. The van der Waals surface area contributed by atoms with Crippen LogP contribution in [0.15, 0.2) is 42.7 Å². The Labute approximate surface area is 119 Å². The van der Waals surface area contributed by atoms with E-state index in [0.29, 0.717) is 10.0 Å². The number of alkyl halides is 1. The third-order valence-electron chi connectivity index (χ3n) is 2.48. The van der Waals surface area contributed by atoms with Gasteiger partial charge in [-0.3, -0.25) is 4.98 Å². The summed E-state index contributed by atoms with van der Waals surface area (Å²) in [7, 11) is 0. The van der Waals surface area contributed by atoms with Crippen LogP contribution in [0.3, 0.4) is 0 Å². The highest BCUT2D eigenvalue weighted by molar-refractivity contribution is 9.09. The minimum atomic E-state index is 0.149. The molecule has 0 N–H and O–H groups in total. The van der Waals surface area contributed by atoms with Gasteiger partial charge < -0.3 is 0 Å². The molecule has 2 rings (SSSR count). The Morgan fingerprint density at radius 2 is 1.82 bits per heavy atom. The Hall–Kier alpha value is -0.570.